The average molecular weight is 273 g/mol. The summed E-state index contributed by atoms with van der Waals surface area (Å²) in [5, 5.41) is 3.40. The zero-order valence-electron chi connectivity index (χ0n) is 12.2. The second-order valence-corrected chi connectivity index (χ2v) is 4.91. The summed E-state index contributed by atoms with van der Waals surface area (Å²) in [7, 11) is 0. The summed E-state index contributed by atoms with van der Waals surface area (Å²) in [6.07, 6.45) is 3.87. The van der Waals surface area contributed by atoms with Crippen LogP contribution in [0, 0.1) is 19.7 Å². The Balaban J connectivity index is 2.44. The molecule has 0 aliphatic carbocycles. The van der Waals surface area contributed by atoms with E-state index in [1.807, 2.05) is 26.0 Å². The number of aromatic nitrogens is 2. The maximum atomic E-state index is 14.0. The molecule has 1 N–H and O–H groups in total. The van der Waals surface area contributed by atoms with Crippen LogP contribution >= 0.6 is 0 Å². The van der Waals surface area contributed by atoms with E-state index in [0.717, 1.165) is 29.9 Å². The lowest BCUT2D eigenvalue weighted by atomic mass is 9.97. The van der Waals surface area contributed by atoms with E-state index in [1.54, 1.807) is 12.3 Å². The first-order chi connectivity index (χ1) is 9.63. The lowest BCUT2D eigenvalue weighted by molar-refractivity contribution is 0.540. The monoisotopic (exact) mass is 273 g/mol. The summed E-state index contributed by atoms with van der Waals surface area (Å²) in [5.74, 6) is -0.291. The van der Waals surface area contributed by atoms with Gasteiger partial charge in [0.15, 0.2) is 0 Å². The number of rotatable bonds is 5. The summed E-state index contributed by atoms with van der Waals surface area (Å²) in [5.41, 5.74) is 3.52. The van der Waals surface area contributed by atoms with Crippen molar-refractivity contribution in [3.05, 3.63) is 58.9 Å². The molecule has 0 saturated carbocycles. The fourth-order valence-corrected chi connectivity index (χ4v) is 2.30. The molecule has 0 bridgehead atoms. The Morgan fingerprint density at radius 2 is 2.00 bits per heavy atom. The van der Waals surface area contributed by atoms with E-state index in [-0.39, 0.29) is 11.9 Å². The number of hydrogen-bond acceptors (Lipinski definition) is 3. The quantitative estimate of drug-likeness (QED) is 0.908. The van der Waals surface area contributed by atoms with Gasteiger partial charge in [0.2, 0.25) is 0 Å². The van der Waals surface area contributed by atoms with Crippen molar-refractivity contribution in [3.8, 4) is 0 Å². The third-order valence-electron chi connectivity index (χ3n) is 3.29. The molecule has 2 heterocycles. The lowest BCUT2D eigenvalue weighted by Gasteiger charge is -2.21. The van der Waals surface area contributed by atoms with E-state index in [2.05, 4.69) is 22.2 Å². The number of pyridine rings is 2. The first-order valence-electron chi connectivity index (χ1n) is 6.90. The Morgan fingerprint density at radius 3 is 2.65 bits per heavy atom. The molecule has 1 unspecified atom stereocenters. The van der Waals surface area contributed by atoms with Gasteiger partial charge >= 0.3 is 0 Å². The fourth-order valence-electron chi connectivity index (χ4n) is 2.30. The van der Waals surface area contributed by atoms with Gasteiger partial charge < -0.3 is 5.32 Å². The summed E-state index contributed by atoms with van der Waals surface area (Å²) in [6.45, 7) is 6.83. The van der Waals surface area contributed by atoms with Crippen molar-refractivity contribution >= 4 is 0 Å². The molecule has 0 saturated heterocycles. The van der Waals surface area contributed by atoms with Crippen LogP contribution in [-0.2, 0) is 0 Å². The van der Waals surface area contributed by atoms with Crippen LogP contribution in [-0.4, -0.2) is 16.5 Å². The van der Waals surface area contributed by atoms with E-state index >= 15 is 0 Å². The SMILES string of the molecule is CCCNC(c1ccncc1F)c1ccc(C)nc1C. The van der Waals surface area contributed by atoms with Gasteiger partial charge in [-0.15, -0.1) is 0 Å². The first-order valence-corrected chi connectivity index (χ1v) is 6.90. The summed E-state index contributed by atoms with van der Waals surface area (Å²) < 4.78 is 14.0. The third kappa shape index (κ3) is 3.20. The molecule has 0 aliphatic rings. The number of nitrogens with one attached hydrogen (secondary N) is 1. The van der Waals surface area contributed by atoms with Crippen LogP contribution in [0.25, 0.3) is 0 Å². The molecule has 2 aromatic rings. The van der Waals surface area contributed by atoms with Gasteiger partial charge in [-0.2, -0.15) is 0 Å². The van der Waals surface area contributed by atoms with E-state index < -0.39 is 0 Å². The van der Waals surface area contributed by atoms with Crippen molar-refractivity contribution in [2.45, 2.75) is 33.2 Å². The van der Waals surface area contributed by atoms with Gasteiger partial charge in [-0.1, -0.05) is 13.0 Å². The van der Waals surface area contributed by atoms with Crippen LogP contribution in [0.4, 0.5) is 4.39 Å². The number of hydrogen-bond donors (Lipinski definition) is 1. The number of aryl methyl sites for hydroxylation is 2. The molecule has 0 aromatic carbocycles. The maximum Gasteiger partial charge on any atom is 0.146 e. The van der Waals surface area contributed by atoms with Crippen LogP contribution < -0.4 is 5.32 Å². The van der Waals surface area contributed by atoms with Crippen molar-refractivity contribution in [2.24, 2.45) is 0 Å². The molecule has 0 amide bonds. The van der Waals surface area contributed by atoms with Crippen molar-refractivity contribution in [1.82, 2.24) is 15.3 Å². The highest BCUT2D eigenvalue weighted by molar-refractivity contribution is 5.34. The minimum absolute atomic E-state index is 0.189. The van der Waals surface area contributed by atoms with E-state index in [0.29, 0.717) is 5.56 Å². The lowest BCUT2D eigenvalue weighted by Crippen LogP contribution is -2.25. The predicted octanol–water partition coefficient (Wildman–Crippen LogP) is 3.32. The van der Waals surface area contributed by atoms with E-state index in [9.17, 15) is 4.39 Å². The Morgan fingerprint density at radius 1 is 1.20 bits per heavy atom. The van der Waals surface area contributed by atoms with Crippen molar-refractivity contribution < 1.29 is 4.39 Å². The Bertz CT molecular complexity index is 584. The minimum Gasteiger partial charge on any atom is -0.306 e. The summed E-state index contributed by atoms with van der Waals surface area (Å²) >= 11 is 0. The van der Waals surface area contributed by atoms with Gasteiger partial charge in [0.1, 0.15) is 5.82 Å². The molecule has 0 fully saturated rings. The summed E-state index contributed by atoms with van der Waals surface area (Å²) in [4.78, 5) is 8.30. The van der Waals surface area contributed by atoms with Gasteiger partial charge in [-0.05, 0) is 44.5 Å². The molecule has 3 nitrogen and oxygen atoms in total. The Labute approximate surface area is 119 Å². The summed E-state index contributed by atoms with van der Waals surface area (Å²) in [6, 6.07) is 5.51. The molecule has 0 aliphatic heterocycles. The topological polar surface area (TPSA) is 37.8 Å². The molecular weight excluding hydrogens is 253 g/mol. The van der Waals surface area contributed by atoms with E-state index in [1.165, 1.54) is 6.20 Å². The largest absolute Gasteiger partial charge is 0.306 e. The highest BCUT2D eigenvalue weighted by atomic mass is 19.1. The number of halogens is 1. The molecule has 4 heteroatoms. The van der Waals surface area contributed by atoms with Crippen molar-refractivity contribution in [1.29, 1.82) is 0 Å². The standard InChI is InChI=1S/C16H20FN3/c1-4-8-19-16(14-7-9-18-10-15(14)17)13-6-5-11(2)20-12(13)3/h5-7,9-10,16,19H,4,8H2,1-3H3. The Kier molecular flexibility index (Phi) is 4.79. The normalized spacial score (nSPS) is 12.4. The zero-order chi connectivity index (χ0) is 14.5. The fraction of sp³-hybridized carbons (Fsp3) is 0.375. The maximum absolute atomic E-state index is 14.0. The molecule has 106 valence electrons. The van der Waals surface area contributed by atoms with Crippen LogP contribution in [0.1, 0.15) is 41.9 Å². The molecule has 2 aromatic heterocycles. The van der Waals surface area contributed by atoms with Gasteiger partial charge in [0.05, 0.1) is 12.2 Å². The van der Waals surface area contributed by atoms with Crippen LogP contribution in [0.5, 0.6) is 0 Å². The minimum atomic E-state index is -0.291. The van der Waals surface area contributed by atoms with Gasteiger partial charge in [0, 0.05) is 23.1 Å². The van der Waals surface area contributed by atoms with Gasteiger partial charge in [0.25, 0.3) is 0 Å². The first kappa shape index (κ1) is 14.6. The van der Waals surface area contributed by atoms with Crippen LogP contribution in [0.2, 0.25) is 0 Å². The highest BCUT2D eigenvalue weighted by Gasteiger charge is 2.19. The number of nitrogens with zero attached hydrogens (tertiary/aromatic N) is 2. The molecule has 20 heavy (non-hydrogen) atoms. The second kappa shape index (κ2) is 6.57. The molecule has 0 radical (unpaired) electrons. The molecule has 1 atom stereocenters. The van der Waals surface area contributed by atoms with Gasteiger partial charge in [-0.3, -0.25) is 9.97 Å². The Hall–Kier alpha value is -1.81. The van der Waals surface area contributed by atoms with Crippen LogP contribution in [0.3, 0.4) is 0 Å². The van der Waals surface area contributed by atoms with Gasteiger partial charge in [-0.25, -0.2) is 4.39 Å². The average Bonchev–Trinajstić information content (AvgIpc) is 2.42. The van der Waals surface area contributed by atoms with Crippen molar-refractivity contribution in [2.75, 3.05) is 6.54 Å². The van der Waals surface area contributed by atoms with Crippen LogP contribution in [0.15, 0.2) is 30.6 Å². The van der Waals surface area contributed by atoms with E-state index in [4.69, 9.17) is 0 Å². The third-order valence-corrected chi connectivity index (χ3v) is 3.29. The predicted molar refractivity (Wildman–Crippen MR) is 78.0 cm³/mol. The van der Waals surface area contributed by atoms with Crippen molar-refractivity contribution in [3.63, 3.8) is 0 Å². The highest BCUT2D eigenvalue weighted by Crippen LogP contribution is 2.26. The molecule has 2 rings (SSSR count). The second-order valence-electron chi connectivity index (χ2n) is 4.91. The molecular formula is C16H20FN3. The molecule has 0 spiro atoms. The smallest absolute Gasteiger partial charge is 0.146 e. The zero-order valence-corrected chi connectivity index (χ0v) is 12.2.